The zero-order valence-corrected chi connectivity index (χ0v) is 11.4. The minimum absolute atomic E-state index is 0.0220. The number of nitrogens with zero attached hydrogens (tertiary/aromatic N) is 1. The number of nitrogens with one attached hydrogen (secondary N) is 1. The lowest BCUT2D eigenvalue weighted by molar-refractivity contribution is -0.384. The molecule has 0 spiro atoms. The number of benzene rings is 1. The molecule has 2 aromatic rings. The van der Waals surface area contributed by atoms with Gasteiger partial charge in [0, 0.05) is 30.3 Å². The van der Waals surface area contributed by atoms with Crippen LogP contribution in [0.3, 0.4) is 0 Å². The minimum Gasteiger partial charge on any atom is -0.462 e. The highest BCUT2D eigenvalue weighted by atomic mass is 16.6. The Bertz CT molecular complexity index is 671. The fourth-order valence-corrected chi connectivity index (χ4v) is 1.68. The van der Waals surface area contributed by atoms with E-state index in [1.165, 1.54) is 30.3 Å². The summed E-state index contributed by atoms with van der Waals surface area (Å²) in [7, 11) is 0. The molecule has 1 amide bonds. The molecule has 0 aliphatic carbocycles. The Morgan fingerprint density at radius 2 is 2.00 bits per heavy atom. The van der Waals surface area contributed by atoms with Crippen molar-refractivity contribution in [2.45, 2.75) is 13.3 Å². The van der Waals surface area contributed by atoms with Gasteiger partial charge in [-0.05, 0) is 30.3 Å². The Morgan fingerprint density at radius 1 is 1.29 bits per heavy atom. The quantitative estimate of drug-likeness (QED) is 0.518. The molecule has 0 unspecified atom stereocenters. The van der Waals surface area contributed by atoms with Gasteiger partial charge in [0.25, 0.3) is 5.69 Å². The number of nitro benzene ring substituents is 1. The molecule has 1 aromatic heterocycles. The van der Waals surface area contributed by atoms with Crippen LogP contribution in [0.4, 0.5) is 11.4 Å². The summed E-state index contributed by atoms with van der Waals surface area (Å²) >= 11 is 0. The zero-order chi connectivity index (χ0) is 15.2. The van der Waals surface area contributed by atoms with Gasteiger partial charge in [-0.1, -0.05) is 6.92 Å². The number of carbonyl (C=O) groups is 1. The maximum atomic E-state index is 11.7. The second-order valence-corrected chi connectivity index (χ2v) is 4.28. The van der Waals surface area contributed by atoms with Crippen molar-refractivity contribution < 1.29 is 14.1 Å². The number of nitro groups is 1. The van der Waals surface area contributed by atoms with Crippen molar-refractivity contribution in [1.29, 1.82) is 0 Å². The summed E-state index contributed by atoms with van der Waals surface area (Å²) in [5, 5.41) is 13.1. The third kappa shape index (κ3) is 4.04. The van der Waals surface area contributed by atoms with E-state index < -0.39 is 4.92 Å². The van der Waals surface area contributed by atoms with Crippen LogP contribution in [0, 0.1) is 10.1 Å². The smallest absolute Gasteiger partial charge is 0.269 e. The standard InChI is InChI=1S/C15H14N2O4/c1-2-13-7-8-14(21-13)9-10-15(18)16-11-3-5-12(6-4-11)17(19)20/h3-10H,2H2,1H3,(H,16,18). The molecule has 1 heterocycles. The van der Waals surface area contributed by atoms with Crippen molar-refractivity contribution >= 4 is 23.4 Å². The first kappa shape index (κ1) is 14.5. The molecule has 6 heteroatoms. The molecule has 0 aliphatic rings. The Hall–Kier alpha value is -2.89. The molecular weight excluding hydrogens is 272 g/mol. The first-order valence-electron chi connectivity index (χ1n) is 6.40. The van der Waals surface area contributed by atoms with Crippen LogP contribution in [0.15, 0.2) is 46.9 Å². The Morgan fingerprint density at radius 3 is 2.57 bits per heavy atom. The predicted molar refractivity (Wildman–Crippen MR) is 78.8 cm³/mol. The van der Waals surface area contributed by atoms with E-state index in [1.807, 2.05) is 13.0 Å². The van der Waals surface area contributed by atoms with Crippen molar-refractivity contribution in [3.8, 4) is 0 Å². The van der Waals surface area contributed by atoms with E-state index >= 15 is 0 Å². The van der Waals surface area contributed by atoms with Crippen molar-refractivity contribution in [2.24, 2.45) is 0 Å². The fourth-order valence-electron chi connectivity index (χ4n) is 1.68. The van der Waals surface area contributed by atoms with Crippen LogP contribution in [0.5, 0.6) is 0 Å². The van der Waals surface area contributed by atoms with Gasteiger partial charge in [0.05, 0.1) is 4.92 Å². The number of carbonyl (C=O) groups excluding carboxylic acids is 1. The molecule has 0 bridgehead atoms. The van der Waals surface area contributed by atoms with E-state index in [2.05, 4.69) is 5.32 Å². The summed E-state index contributed by atoms with van der Waals surface area (Å²) in [6, 6.07) is 9.26. The zero-order valence-electron chi connectivity index (χ0n) is 11.4. The normalized spacial score (nSPS) is 10.7. The van der Waals surface area contributed by atoms with E-state index in [0.29, 0.717) is 11.4 Å². The molecule has 108 valence electrons. The SMILES string of the molecule is CCc1ccc(C=CC(=O)Nc2ccc([N+](=O)[O-])cc2)o1. The van der Waals surface area contributed by atoms with Gasteiger partial charge in [0.15, 0.2) is 0 Å². The molecule has 1 aromatic carbocycles. The van der Waals surface area contributed by atoms with Crippen molar-refractivity contribution in [1.82, 2.24) is 0 Å². The van der Waals surface area contributed by atoms with Gasteiger partial charge in [-0.15, -0.1) is 0 Å². The topological polar surface area (TPSA) is 85.4 Å². The van der Waals surface area contributed by atoms with Crippen LogP contribution in [-0.4, -0.2) is 10.8 Å². The maximum Gasteiger partial charge on any atom is 0.269 e. The summed E-state index contributed by atoms with van der Waals surface area (Å²) < 4.78 is 5.43. The van der Waals surface area contributed by atoms with Gasteiger partial charge < -0.3 is 9.73 Å². The molecule has 0 fully saturated rings. The van der Waals surface area contributed by atoms with Gasteiger partial charge in [0.1, 0.15) is 11.5 Å². The molecule has 0 saturated carbocycles. The molecular formula is C15H14N2O4. The van der Waals surface area contributed by atoms with Crippen LogP contribution in [0.1, 0.15) is 18.4 Å². The third-order valence-electron chi connectivity index (χ3n) is 2.78. The summed E-state index contributed by atoms with van der Waals surface area (Å²) in [6.45, 7) is 1.98. The van der Waals surface area contributed by atoms with Crippen molar-refractivity contribution in [2.75, 3.05) is 5.32 Å². The van der Waals surface area contributed by atoms with E-state index in [1.54, 1.807) is 12.1 Å². The van der Waals surface area contributed by atoms with E-state index in [0.717, 1.165) is 12.2 Å². The molecule has 0 atom stereocenters. The molecule has 21 heavy (non-hydrogen) atoms. The van der Waals surface area contributed by atoms with Gasteiger partial charge >= 0.3 is 0 Å². The van der Waals surface area contributed by atoms with Gasteiger partial charge in [-0.25, -0.2) is 0 Å². The first-order valence-corrected chi connectivity index (χ1v) is 6.40. The van der Waals surface area contributed by atoms with E-state index in [4.69, 9.17) is 4.42 Å². The Labute approximate surface area is 121 Å². The van der Waals surface area contributed by atoms with Gasteiger partial charge in [0.2, 0.25) is 5.91 Å². The summed E-state index contributed by atoms with van der Waals surface area (Å²) in [5.41, 5.74) is 0.468. The lowest BCUT2D eigenvalue weighted by atomic mass is 10.3. The number of amides is 1. The Kier molecular flexibility index (Phi) is 4.50. The van der Waals surface area contributed by atoms with Crippen LogP contribution in [0.25, 0.3) is 6.08 Å². The average molecular weight is 286 g/mol. The summed E-state index contributed by atoms with van der Waals surface area (Å²) in [4.78, 5) is 21.7. The largest absolute Gasteiger partial charge is 0.462 e. The summed E-state index contributed by atoms with van der Waals surface area (Å²) in [5.74, 6) is 1.12. The van der Waals surface area contributed by atoms with Crippen LogP contribution >= 0.6 is 0 Å². The number of hydrogen-bond acceptors (Lipinski definition) is 4. The highest BCUT2D eigenvalue weighted by Gasteiger charge is 2.05. The molecule has 1 N–H and O–H groups in total. The number of non-ortho nitro benzene ring substituents is 1. The number of anilines is 1. The lowest BCUT2D eigenvalue weighted by Crippen LogP contribution is -2.07. The number of rotatable bonds is 5. The monoisotopic (exact) mass is 286 g/mol. The molecule has 0 saturated heterocycles. The predicted octanol–water partition coefficient (Wildman–Crippen LogP) is 3.40. The van der Waals surface area contributed by atoms with E-state index in [-0.39, 0.29) is 11.6 Å². The minimum atomic E-state index is -0.492. The number of hydrogen-bond donors (Lipinski definition) is 1. The molecule has 0 radical (unpaired) electrons. The van der Waals surface area contributed by atoms with Crippen molar-refractivity contribution in [3.63, 3.8) is 0 Å². The van der Waals surface area contributed by atoms with Crippen LogP contribution in [-0.2, 0) is 11.2 Å². The maximum absolute atomic E-state index is 11.7. The average Bonchev–Trinajstić information content (AvgIpc) is 2.94. The molecule has 6 nitrogen and oxygen atoms in total. The second kappa shape index (κ2) is 6.51. The Balaban J connectivity index is 1.96. The van der Waals surface area contributed by atoms with Crippen molar-refractivity contribution in [3.05, 3.63) is 64.1 Å². The molecule has 0 aliphatic heterocycles. The fraction of sp³-hybridized carbons (Fsp3) is 0.133. The highest BCUT2D eigenvalue weighted by molar-refractivity contribution is 6.01. The number of aryl methyl sites for hydroxylation is 1. The van der Waals surface area contributed by atoms with Gasteiger partial charge in [-0.2, -0.15) is 0 Å². The second-order valence-electron chi connectivity index (χ2n) is 4.28. The van der Waals surface area contributed by atoms with E-state index in [9.17, 15) is 14.9 Å². The number of furan rings is 1. The first-order chi connectivity index (χ1) is 10.1. The lowest BCUT2D eigenvalue weighted by Gasteiger charge is -2.00. The third-order valence-corrected chi connectivity index (χ3v) is 2.78. The van der Waals surface area contributed by atoms with Crippen LogP contribution in [0.2, 0.25) is 0 Å². The molecule has 2 rings (SSSR count). The van der Waals surface area contributed by atoms with Gasteiger partial charge in [-0.3, -0.25) is 14.9 Å². The highest BCUT2D eigenvalue weighted by Crippen LogP contribution is 2.15. The summed E-state index contributed by atoms with van der Waals surface area (Å²) in [6.07, 6.45) is 3.71. The van der Waals surface area contributed by atoms with Crippen LogP contribution < -0.4 is 5.32 Å².